The number of hydrogen-bond donors (Lipinski definition) is 3. The van der Waals surface area contributed by atoms with E-state index in [1.54, 1.807) is 19.1 Å². The molecule has 4 aromatic rings. The van der Waals surface area contributed by atoms with Gasteiger partial charge in [0.2, 0.25) is 5.96 Å². The van der Waals surface area contributed by atoms with Gasteiger partial charge in [-0.25, -0.2) is 14.4 Å². The maximum Gasteiger partial charge on any atom is 0.302 e. The number of Topliss-reactive ketones (excluding diaryl/α,β-unsaturated/α-hetero) is 1. The Morgan fingerprint density at radius 1 is 1.13 bits per heavy atom. The number of fused-ring (bicyclic) bond motifs is 1. The van der Waals surface area contributed by atoms with Crippen molar-refractivity contribution in [2.75, 3.05) is 10.6 Å². The van der Waals surface area contributed by atoms with Crippen LogP contribution < -0.4 is 16.0 Å². The summed E-state index contributed by atoms with van der Waals surface area (Å²) < 4.78 is 19.2. The number of aryl methyl sites for hydroxylation is 1. The molecule has 1 unspecified atom stereocenters. The average Bonchev–Trinajstić information content (AvgIpc) is 3.26. The summed E-state index contributed by atoms with van der Waals surface area (Å²) in [6, 6.07) is 11.9. The van der Waals surface area contributed by atoms with Crippen LogP contribution in [-0.4, -0.2) is 27.6 Å². The van der Waals surface area contributed by atoms with Gasteiger partial charge in [0.1, 0.15) is 23.2 Å². The van der Waals surface area contributed by atoms with Crippen LogP contribution >= 0.6 is 11.6 Å². The number of amides is 1. The number of oxazole rings is 1. The minimum atomic E-state index is -0.802. The smallest absolute Gasteiger partial charge is 0.302 e. The number of aliphatic imine (C=N–C) groups is 1. The summed E-state index contributed by atoms with van der Waals surface area (Å²) in [7, 11) is 0. The number of guanidine groups is 1. The van der Waals surface area contributed by atoms with Gasteiger partial charge in [0.15, 0.2) is 11.4 Å². The minimum absolute atomic E-state index is 0.0943. The number of hydrogen-bond acceptors (Lipinski definition) is 8. The third-order valence-corrected chi connectivity index (χ3v) is 6.50. The molecular formula is C27H22ClFN6O3. The number of halogens is 2. The summed E-state index contributed by atoms with van der Waals surface area (Å²) in [5.74, 6) is -0.579. The first-order valence-electron chi connectivity index (χ1n) is 11.6. The van der Waals surface area contributed by atoms with E-state index in [2.05, 4.69) is 25.9 Å². The number of ketones is 1. The quantitative estimate of drug-likeness (QED) is 0.288. The predicted molar refractivity (Wildman–Crippen MR) is 143 cm³/mol. The van der Waals surface area contributed by atoms with Crippen LogP contribution in [0.5, 0.6) is 0 Å². The molecule has 1 atom stereocenters. The summed E-state index contributed by atoms with van der Waals surface area (Å²) in [5.41, 5.74) is 3.39. The molecule has 0 saturated carbocycles. The molecule has 0 saturated heterocycles. The third kappa shape index (κ3) is 4.98. The van der Waals surface area contributed by atoms with E-state index < -0.39 is 17.8 Å². The first-order valence-corrected chi connectivity index (χ1v) is 12.0. The van der Waals surface area contributed by atoms with Crippen molar-refractivity contribution in [2.45, 2.75) is 26.8 Å². The molecule has 1 aliphatic heterocycles. The second kappa shape index (κ2) is 10.1. The molecule has 11 heteroatoms. The molecule has 2 aromatic heterocycles. The molecule has 3 heterocycles. The number of carbonyl (C=O) groups is 2. The predicted octanol–water partition coefficient (Wildman–Crippen LogP) is 5.55. The fourth-order valence-electron chi connectivity index (χ4n) is 4.10. The standard InChI is InChI=1S/C27H22ClFN6O3/c1-13-5-4-6-18(23(13)28)24-22(25(37)33-21-11-16(15(3)36)9-10-30-21)14(2)31-26(34-24)35-27-32-19-8-7-17(29)12-20(19)38-27/h4-12,24H,1-3H3,(H,30,33,37)(H2,31,32,34,35). The Morgan fingerprint density at radius 3 is 2.74 bits per heavy atom. The molecule has 192 valence electrons. The van der Waals surface area contributed by atoms with E-state index in [1.807, 2.05) is 19.1 Å². The van der Waals surface area contributed by atoms with E-state index in [1.165, 1.54) is 37.4 Å². The zero-order chi connectivity index (χ0) is 27.0. The number of aromatic nitrogens is 2. The lowest BCUT2D eigenvalue weighted by Crippen LogP contribution is -2.37. The Balaban J connectivity index is 1.50. The second-order valence-corrected chi connectivity index (χ2v) is 9.10. The van der Waals surface area contributed by atoms with E-state index in [9.17, 15) is 14.0 Å². The van der Waals surface area contributed by atoms with Crippen molar-refractivity contribution in [3.63, 3.8) is 0 Å². The van der Waals surface area contributed by atoms with Gasteiger partial charge in [0.05, 0.1) is 5.57 Å². The number of anilines is 2. The van der Waals surface area contributed by atoms with Crippen molar-refractivity contribution < 1.29 is 18.4 Å². The van der Waals surface area contributed by atoms with E-state index in [-0.39, 0.29) is 29.2 Å². The number of allylic oxidation sites excluding steroid dienone is 1. The van der Waals surface area contributed by atoms with Crippen LogP contribution in [0.3, 0.4) is 0 Å². The SMILES string of the molecule is CC(=O)c1ccnc(NC(=O)C2=C(C)NC(Nc3nc4ccc(F)cc4o3)=NC2c2cccc(C)c2Cl)c1. The van der Waals surface area contributed by atoms with E-state index >= 15 is 0 Å². The van der Waals surface area contributed by atoms with Crippen molar-refractivity contribution in [3.8, 4) is 0 Å². The molecule has 1 amide bonds. The van der Waals surface area contributed by atoms with Gasteiger partial charge in [-0.3, -0.25) is 14.9 Å². The lowest BCUT2D eigenvalue weighted by Gasteiger charge is -2.27. The summed E-state index contributed by atoms with van der Waals surface area (Å²) in [5, 5.41) is 9.26. The van der Waals surface area contributed by atoms with Gasteiger partial charge in [0, 0.05) is 34.1 Å². The monoisotopic (exact) mass is 532 g/mol. The summed E-state index contributed by atoms with van der Waals surface area (Å²) in [6.45, 7) is 5.02. The fraction of sp³-hybridized carbons (Fsp3) is 0.148. The first kappa shape index (κ1) is 25.1. The van der Waals surface area contributed by atoms with Crippen molar-refractivity contribution in [3.05, 3.63) is 93.5 Å². The zero-order valence-electron chi connectivity index (χ0n) is 20.6. The Hall–Kier alpha value is -4.57. The van der Waals surface area contributed by atoms with E-state index in [4.69, 9.17) is 21.0 Å². The van der Waals surface area contributed by atoms with Crippen molar-refractivity contribution in [1.29, 1.82) is 0 Å². The number of pyridine rings is 1. The molecule has 38 heavy (non-hydrogen) atoms. The number of nitrogens with zero attached hydrogens (tertiary/aromatic N) is 3. The Bertz CT molecular complexity index is 1660. The minimum Gasteiger partial charge on any atom is -0.423 e. The van der Waals surface area contributed by atoms with Crippen LogP contribution in [0.25, 0.3) is 11.1 Å². The second-order valence-electron chi connectivity index (χ2n) is 8.72. The van der Waals surface area contributed by atoms with Gasteiger partial charge < -0.3 is 15.1 Å². The van der Waals surface area contributed by atoms with Crippen LogP contribution in [0, 0.1) is 12.7 Å². The highest BCUT2D eigenvalue weighted by atomic mass is 35.5. The lowest BCUT2D eigenvalue weighted by molar-refractivity contribution is -0.113. The van der Waals surface area contributed by atoms with Crippen molar-refractivity contribution in [1.82, 2.24) is 15.3 Å². The number of nitrogens with one attached hydrogen (secondary N) is 3. The average molecular weight is 533 g/mol. The maximum atomic E-state index is 13.6. The molecule has 9 nitrogen and oxygen atoms in total. The number of benzene rings is 2. The Morgan fingerprint density at radius 2 is 1.95 bits per heavy atom. The molecule has 3 N–H and O–H groups in total. The molecule has 0 bridgehead atoms. The third-order valence-electron chi connectivity index (χ3n) is 5.99. The number of carbonyl (C=O) groups excluding carboxylic acids is 2. The van der Waals surface area contributed by atoms with E-state index in [0.717, 1.165) is 5.56 Å². The van der Waals surface area contributed by atoms with Crippen molar-refractivity contribution in [2.24, 2.45) is 4.99 Å². The zero-order valence-corrected chi connectivity index (χ0v) is 21.4. The van der Waals surface area contributed by atoms with Gasteiger partial charge in [-0.15, -0.1) is 0 Å². The highest BCUT2D eigenvalue weighted by Crippen LogP contribution is 2.37. The van der Waals surface area contributed by atoms with Crippen LogP contribution in [0.2, 0.25) is 5.02 Å². The molecular weight excluding hydrogens is 511 g/mol. The molecule has 0 spiro atoms. The molecule has 5 rings (SSSR count). The van der Waals surface area contributed by atoms with Gasteiger partial charge in [-0.05, 0) is 50.6 Å². The molecule has 1 aliphatic rings. The molecule has 2 aromatic carbocycles. The molecule has 0 aliphatic carbocycles. The molecule has 0 radical (unpaired) electrons. The Kier molecular flexibility index (Phi) is 6.64. The van der Waals surface area contributed by atoms with Crippen LogP contribution in [0.4, 0.5) is 16.2 Å². The van der Waals surface area contributed by atoms with Gasteiger partial charge in [0.25, 0.3) is 5.91 Å². The maximum absolute atomic E-state index is 13.6. The van der Waals surface area contributed by atoms with Crippen molar-refractivity contribution >= 4 is 52.2 Å². The normalized spacial score (nSPS) is 15.2. The van der Waals surface area contributed by atoms with Crippen LogP contribution in [0.15, 0.2) is 75.4 Å². The van der Waals surface area contributed by atoms with E-state index in [0.29, 0.717) is 32.9 Å². The fourth-order valence-corrected chi connectivity index (χ4v) is 4.32. The largest absolute Gasteiger partial charge is 0.423 e. The van der Waals surface area contributed by atoms with Crippen LogP contribution in [0.1, 0.15) is 41.4 Å². The summed E-state index contributed by atoms with van der Waals surface area (Å²) >= 11 is 6.66. The number of rotatable bonds is 5. The highest BCUT2D eigenvalue weighted by Gasteiger charge is 2.31. The van der Waals surface area contributed by atoms with Crippen LogP contribution in [-0.2, 0) is 4.79 Å². The Labute approximate surface area is 221 Å². The lowest BCUT2D eigenvalue weighted by atomic mass is 9.94. The first-order chi connectivity index (χ1) is 18.2. The molecule has 0 fully saturated rings. The summed E-state index contributed by atoms with van der Waals surface area (Å²) in [4.78, 5) is 38.5. The highest BCUT2D eigenvalue weighted by molar-refractivity contribution is 6.32. The van der Waals surface area contributed by atoms with Gasteiger partial charge in [-0.2, -0.15) is 4.98 Å². The summed E-state index contributed by atoms with van der Waals surface area (Å²) in [6.07, 6.45) is 1.45. The van der Waals surface area contributed by atoms with Gasteiger partial charge in [-0.1, -0.05) is 29.8 Å². The van der Waals surface area contributed by atoms with Gasteiger partial charge >= 0.3 is 6.01 Å². The topological polar surface area (TPSA) is 122 Å².